The van der Waals surface area contributed by atoms with Gasteiger partial charge in [0.1, 0.15) is 5.60 Å². The van der Waals surface area contributed by atoms with E-state index in [9.17, 15) is 9.59 Å². The van der Waals surface area contributed by atoms with E-state index < -0.39 is 17.5 Å². The van der Waals surface area contributed by atoms with E-state index in [4.69, 9.17) is 9.62 Å². The van der Waals surface area contributed by atoms with Crippen molar-refractivity contribution >= 4 is 11.9 Å². The van der Waals surface area contributed by atoms with Gasteiger partial charge in [0.15, 0.2) is 0 Å². The van der Waals surface area contributed by atoms with Gasteiger partial charge >= 0.3 is 11.9 Å². The number of ether oxygens (including phenoxy) is 1. The van der Waals surface area contributed by atoms with E-state index in [0.29, 0.717) is 6.42 Å². The number of hydrogen-bond acceptors (Lipinski definition) is 6. The van der Waals surface area contributed by atoms with E-state index in [1.807, 2.05) is 6.92 Å². The van der Waals surface area contributed by atoms with Crippen LogP contribution < -0.4 is 0 Å². The van der Waals surface area contributed by atoms with Gasteiger partial charge in [0.25, 0.3) is 0 Å². The highest BCUT2D eigenvalue weighted by molar-refractivity contribution is 6.29. The molecular weight excluding hydrogens is 420 g/mol. The molecule has 0 aliphatic carbocycles. The molecule has 0 saturated heterocycles. The van der Waals surface area contributed by atoms with Crippen LogP contribution in [-0.2, 0) is 29.1 Å². The second kappa shape index (κ2) is 22.6. The normalized spacial score (nSPS) is 11.5. The number of esters is 1. The number of rotatable bonds is 23. The average molecular weight is 473 g/mol. The Morgan fingerprint density at radius 2 is 0.970 bits per heavy atom. The van der Waals surface area contributed by atoms with Gasteiger partial charge in [-0.1, -0.05) is 123 Å². The highest BCUT2D eigenvalue weighted by Gasteiger charge is 2.22. The molecule has 0 aromatic carbocycles. The lowest BCUT2D eigenvalue weighted by molar-refractivity contribution is -0.515. The van der Waals surface area contributed by atoms with Crippen LogP contribution in [0.2, 0.25) is 0 Å². The van der Waals surface area contributed by atoms with Gasteiger partial charge in [-0.05, 0) is 31.7 Å². The van der Waals surface area contributed by atoms with Crippen LogP contribution in [0.3, 0.4) is 0 Å². The van der Waals surface area contributed by atoms with Gasteiger partial charge in [0, 0.05) is 0 Å². The summed E-state index contributed by atoms with van der Waals surface area (Å²) in [4.78, 5) is 32.1. The zero-order valence-electron chi connectivity index (χ0n) is 22.1. The van der Waals surface area contributed by atoms with Crippen LogP contribution in [0.4, 0.5) is 0 Å². The third-order valence-electron chi connectivity index (χ3n) is 6.12. The Labute approximate surface area is 203 Å². The van der Waals surface area contributed by atoms with Gasteiger partial charge < -0.3 is 4.74 Å². The van der Waals surface area contributed by atoms with Crippen molar-refractivity contribution in [3.63, 3.8) is 0 Å². The van der Waals surface area contributed by atoms with Gasteiger partial charge in [0.05, 0.1) is 6.61 Å². The van der Waals surface area contributed by atoms with Crippen molar-refractivity contribution in [2.24, 2.45) is 0 Å². The van der Waals surface area contributed by atoms with E-state index in [1.54, 1.807) is 13.8 Å². The van der Waals surface area contributed by atoms with Crippen LogP contribution in [0.5, 0.6) is 0 Å². The summed E-state index contributed by atoms with van der Waals surface area (Å²) >= 11 is 0. The molecule has 0 aliphatic heterocycles. The SMILES string of the molecule is CCCCCCCCCCCCCCCCCCCCOC(=O)C(=O)OOOC(C)(C)CC. The molecule has 0 spiro atoms. The molecule has 0 amide bonds. The molecule has 0 N–H and O–H groups in total. The fourth-order valence-corrected chi connectivity index (χ4v) is 3.46. The molecule has 0 aromatic rings. The number of hydrogen-bond donors (Lipinski definition) is 0. The van der Waals surface area contributed by atoms with E-state index in [-0.39, 0.29) is 6.61 Å². The lowest BCUT2D eigenvalue weighted by Crippen LogP contribution is -2.26. The van der Waals surface area contributed by atoms with Crippen molar-refractivity contribution in [3.8, 4) is 0 Å². The van der Waals surface area contributed by atoms with E-state index in [1.165, 1.54) is 96.3 Å². The second-order valence-corrected chi connectivity index (χ2v) is 9.78. The Kier molecular flexibility index (Phi) is 21.9. The number of unbranched alkanes of at least 4 members (excludes halogenated alkanes) is 17. The Morgan fingerprint density at radius 3 is 1.36 bits per heavy atom. The third kappa shape index (κ3) is 22.4. The molecule has 0 saturated carbocycles. The predicted molar refractivity (Wildman–Crippen MR) is 132 cm³/mol. The first-order chi connectivity index (χ1) is 15.9. The van der Waals surface area contributed by atoms with Crippen molar-refractivity contribution in [2.45, 2.75) is 155 Å². The standard InChI is InChI=1S/C27H52O6/c1-5-7-8-9-10-11-12-13-14-15-16-17-18-19-20-21-22-23-24-30-25(28)26(29)31-33-32-27(3,4)6-2/h5-24H2,1-4H3. The first-order valence-electron chi connectivity index (χ1n) is 13.7. The van der Waals surface area contributed by atoms with Crippen molar-refractivity contribution in [1.29, 1.82) is 0 Å². The first kappa shape index (κ1) is 31.9. The van der Waals surface area contributed by atoms with Gasteiger partial charge in [-0.25, -0.2) is 9.59 Å². The molecule has 6 heteroatoms. The van der Waals surface area contributed by atoms with Gasteiger partial charge in [-0.3, -0.25) is 4.89 Å². The molecule has 0 unspecified atom stereocenters. The van der Waals surface area contributed by atoms with Crippen molar-refractivity contribution in [2.75, 3.05) is 6.61 Å². The van der Waals surface area contributed by atoms with E-state index in [2.05, 4.69) is 16.8 Å². The summed E-state index contributed by atoms with van der Waals surface area (Å²) in [5.74, 6) is -2.26. The van der Waals surface area contributed by atoms with Crippen LogP contribution in [0.15, 0.2) is 0 Å². The van der Waals surface area contributed by atoms with Crippen molar-refractivity contribution in [1.82, 2.24) is 0 Å². The van der Waals surface area contributed by atoms with Crippen molar-refractivity contribution < 1.29 is 29.1 Å². The minimum atomic E-state index is -1.20. The topological polar surface area (TPSA) is 71.1 Å². The highest BCUT2D eigenvalue weighted by atomic mass is 17.5. The maximum absolute atomic E-state index is 11.5. The summed E-state index contributed by atoms with van der Waals surface area (Å²) < 4.78 is 4.89. The Bertz CT molecular complexity index is 464. The Hall–Kier alpha value is -1.14. The lowest BCUT2D eigenvalue weighted by Gasteiger charge is -2.19. The molecule has 0 radical (unpaired) electrons. The molecule has 0 aliphatic rings. The molecule has 33 heavy (non-hydrogen) atoms. The van der Waals surface area contributed by atoms with Crippen LogP contribution in [0.1, 0.15) is 150 Å². The average Bonchev–Trinajstić information content (AvgIpc) is 2.80. The largest absolute Gasteiger partial charge is 0.457 e. The Morgan fingerprint density at radius 1 is 0.576 bits per heavy atom. The smallest absolute Gasteiger partial charge is 0.453 e. The summed E-state index contributed by atoms with van der Waals surface area (Å²) in [6.07, 6.45) is 24.1. The van der Waals surface area contributed by atoms with Crippen LogP contribution in [-0.4, -0.2) is 24.1 Å². The van der Waals surface area contributed by atoms with E-state index in [0.717, 1.165) is 19.3 Å². The first-order valence-corrected chi connectivity index (χ1v) is 13.7. The summed E-state index contributed by atoms with van der Waals surface area (Å²) in [5, 5.41) is 4.37. The molecule has 0 fully saturated rings. The number of carbonyl (C=O) groups excluding carboxylic acids is 2. The zero-order valence-corrected chi connectivity index (χ0v) is 22.1. The summed E-state index contributed by atoms with van der Waals surface area (Å²) in [5.41, 5.74) is -0.600. The Balaban J connectivity index is 3.30. The zero-order chi connectivity index (χ0) is 24.6. The van der Waals surface area contributed by atoms with Gasteiger partial charge in [0.2, 0.25) is 0 Å². The maximum atomic E-state index is 11.5. The minimum absolute atomic E-state index is 0.216. The monoisotopic (exact) mass is 472 g/mol. The van der Waals surface area contributed by atoms with Crippen LogP contribution in [0, 0.1) is 0 Å². The summed E-state index contributed by atoms with van der Waals surface area (Å²) in [6.45, 7) is 7.94. The van der Waals surface area contributed by atoms with Crippen LogP contribution in [0.25, 0.3) is 0 Å². The quantitative estimate of drug-likeness (QED) is 0.0491. The molecular formula is C27H52O6. The molecule has 196 valence electrons. The second-order valence-electron chi connectivity index (χ2n) is 9.78. The summed E-state index contributed by atoms with van der Waals surface area (Å²) in [6, 6.07) is 0. The van der Waals surface area contributed by atoms with Gasteiger partial charge in [-0.2, -0.15) is 4.89 Å². The lowest BCUT2D eigenvalue weighted by atomic mass is 10.0. The van der Waals surface area contributed by atoms with Crippen molar-refractivity contribution in [3.05, 3.63) is 0 Å². The van der Waals surface area contributed by atoms with E-state index >= 15 is 0 Å². The molecule has 0 rings (SSSR count). The fourth-order valence-electron chi connectivity index (χ4n) is 3.46. The number of carbonyl (C=O) groups is 2. The third-order valence-corrected chi connectivity index (χ3v) is 6.12. The molecule has 0 atom stereocenters. The maximum Gasteiger partial charge on any atom is 0.453 e. The van der Waals surface area contributed by atoms with Crippen LogP contribution >= 0.6 is 0 Å². The highest BCUT2D eigenvalue weighted by Crippen LogP contribution is 2.15. The molecule has 0 bridgehead atoms. The molecule has 0 heterocycles. The summed E-state index contributed by atoms with van der Waals surface area (Å²) in [7, 11) is 0. The molecule has 6 nitrogen and oxygen atoms in total. The molecule has 0 aromatic heterocycles. The fraction of sp³-hybridized carbons (Fsp3) is 0.926. The predicted octanol–water partition coefficient (Wildman–Crippen LogP) is 8.17. The minimum Gasteiger partial charge on any atom is -0.457 e. The van der Waals surface area contributed by atoms with Gasteiger partial charge in [-0.15, -0.1) is 0 Å².